The predicted octanol–water partition coefficient (Wildman–Crippen LogP) is 3.74. The van der Waals surface area contributed by atoms with E-state index in [0.717, 1.165) is 0 Å². The van der Waals surface area contributed by atoms with Crippen LogP contribution in [0, 0.1) is 5.82 Å². The number of carbonyl (C=O) groups is 2. The molecule has 2 aromatic rings. The van der Waals surface area contributed by atoms with Crippen LogP contribution in [0.5, 0.6) is 0 Å². The molecule has 1 radical (unpaired) electrons. The lowest BCUT2D eigenvalue weighted by atomic mass is 10.0. The van der Waals surface area contributed by atoms with E-state index >= 15 is 0 Å². The molecule has 6 heteroatoms. The minimum absolute atomic E-state index is 0.199. The predicted molar refractivity (Wildman–Crippen MR) is 74.1 cm³/mol. The van der Waals surface area contributed by atoms with Crippen molar-refractivity contribution in [3.63, 3.8) is 0 Å². The molecule has 0 aliphatic heterocycles. The maximum absolute atomic E-state index is 12.7. The normalized spacial score (nSPS) is 9.29. The Morgan fingerprint density at radius 2 is 1.24 bits per heavy atom. The van der Waals surface area contributed by atoms with E-state index in [1.807, 2.05) is 0 Å². The minimum atomic E-state index is -1.00. The first kappa shape index (κ1) is 16.7. The molecule has 0 heterocycles. The highest BCUT2D eigenvalue weighted by Crippen LogP contribution is 2.09. The van der Waals surface area contributed by atoms with Crippen LogP contribution in [0.1, 0.15) is 27.1 Å². The van der Waals surface area contributed by atoms with Crippen molar-refractivity contribution in [2.45, 2.75) is 6.42 Å². The summed E-state index contributed by atoms with van der Waals surface area (Å²) in [6.07, 6.45) is -0.199. The molecule has 0 N–H and O–H groups in total. The smallest absolute Gasteiger partial charge is 0.294 e. The van der Waals surface area contributed by atoms with E-state index in [0.29, 0.717) is 11.1 Å². The van der Waals surface area contributed by atoms with Crippen molar-refractivity contribution in [3.8, 4) is 0 Å². The van der Waals surface area contributed by atoms with Gasteiger partial charge in [0.1, 0.15) is 5.82 Å². The van der Waals surface area contributed by atoms with E-state index in [9.17, 15) is 22.6 Å². The number of hydrogen-bond donors (Lipinski definition) is 0. The van der Waals surface area contributed by atoms with Crippen LogP contribution in [0.25, 0.3) is 0 Å². The summed E-state index contributed by atoms with van der Waals surface area (Å²) in [4.78, 5) is 23.6. The van der Waals surface area contributed by atoms with Crippen LogP contribution in [0.15, 0.2) is 54.6 Å². The molecule has 0 aliphatic rings. The Morgan fingerprint density at radius 3 is 1.71 bits per heavy atom. The number of benzene rings is 2. The molecule has 0 unspecified atom stereocenters. The molecule has 0 atom stereocenters. The lowest BCUT2D eigenvalue weighted by molar-refractivity contribution is 0.0894. The van der Waals surface area contributed by atoms with Gasteiger partial charge < -0.3 is 0 Å². The van der Waals surface area contributed by atoms with Gasteiger partial charge in [0.25, 0.3) is 0 Å². The summed E-state index contributed by atoms with van der Waals surface area (Å²) in [5.74, 6) is -0.935. The maximum atomic E-state index is 12.7. The zero-order valence-corrected chi connectivity index (χ0v) is 10.9. The second-order valence-electron chi connectivity index (χ2n) is 3.98. The molecule has 0 saturated heterocycles. The topological polar surface area (TPSA) is 34.1 Å². The van der Waals surface area contributed by atoms with Crippen molar-refractivity contribution >= 4 is 19.4 Å². The molecule has 21 heavy (non-hydrogen) atoms. The van der Waals surface area contributed by atoms with E-state index < -0.39 is 13.7 Å². The quantitative estimate of drug-likeness (QED) is 0.488. The molecule has 2 rings (SSSR count). The second kappa shape index (κ2) is 8.74. The Bertz CT molecular complexity index is 586. The fourth-order valence-corrected chi connectivity index (χ4v) is 1.61. The van der Waals surface area contributed by atoms with Crippen molar-refractivity contribution in [1.29, 1.82) is 0 Å². The summed E-state index contributed by atoms with van der Waals surface area (Å²) < 4.78 is 31.7. The van der Waals surface area contributed by atoms with E-state index in [4.69, 9.17) is 0 Å². The van der Waals surface area contributed by atoms with Gasteiger partial charge in [-0.1, -0.05) is 30.3 Å². The van der Waals surface area contributed by atoms with Crippen molar-refractivity contribution in [1.82, 2.24) is 0 Å². The summed E-state index contributed by atoms with van der Waals surface area (Å²) in [5.41, 5.74) is 0.855. The number of ketones is 2. The number of Topliss-reactive ketones (excluding diaryl/α,β-unsaturated/α-hetero) is 2. The number of carbonyl (C=O) groups excluding carboxylic acids is 2. The summed E-state index contributed by atoms with van der Waals surface area (Å²) in [5, 5.41) is 0. The Hall–Kier alpha value is -2.37. The first-order valence-electron chi connectivity index (χ1n) is 5.97. The summed E-state index contributed by atoms with van der Waals surface area (Å²) >= 11 is 0. The SMILES string of the molecule is F[B]F.O=C(CC(=O)c1ccc(F)cc1)c1ccccc1. The fourth-order valence-electron chi connectivity index (χ4n) is 1.61. The first-order valence-corrected chi connectivity index (χ1v) is 5.97. The number of hydrogen-bond acceptors (Lipinski definition) is 2. The van der Waals surface area contributed by atoms with Gasteiger partial charge in [-0.25, -0.2) is 4.39 Å². The van der Waals surface area contributed by atoms with Gasteiger partial charge in [-0.05, 0) is 24.3 Å². The third-order valence-electron chi connectivity index (χ3n) is 2.58. The second-order valence-corrected chi connectivity index (χ2v) is 3.98. The maximum Gasteiger partial charge on any atom is 0.577 e. The van der Waals surface area contributed by atoms with Crippen LogP contribution in [0.3, 0.4) is 0 Å². The Kier molecular flexibility index (Phi) is 6.94. The molecule has 0 bridgehead atoms. The van der Waals surface area contributed by atoms with Crippen LogP contribution >= 0.6 is 0 Å². The van der Waals surface area contributed by atoms with Crippen molar-refractivity contribution < 1.29 is 22.6 Å². The van der Waals surface area contributed by atoms with Gasteiger partial charge in [0.2, 0.25) is 0 Å². The van der Waals surface area contributed by atoms with Gasteiger partial charge in [-0.15, -0.1) is 0 Å². The third-order valence-corrected chi connectivity index (χ3v) is 2.58. The Balaban J connectivity index is 0.000000677. The molecule has 0 fully saturated rings. The molecule has 0 spiro atoms. The Morgan fingerprint density at radius 1 is 0.810 bits per heavy atom. The number of rotatable bonds is 4. The summed E-state index contributed by atoms with van der Waals surface area (Å²) in [7, 11) is -1.00. The zero-order chi connectivity index (χ0) is 15.7. The minimum Gasteiger partial charge on any atom is -0.294 e. The molecule has 107 valence electrons. The van der Waals surface area contributed by atoms with Crippen LogP contribution < -0.4 is 0 Å². The highest BCUT2D eigenvalue weighted by Gasteiger charge is 2.13. The molecule has 2 aromatic carbocycles. The van der Waals surface area contributed by atoms with Crippen molar-refractivity contribution in [2.75, 3.05) is 0 Å². The van der Waals surface area contributed by atoms with Gasteiger partial charge >= 0.3 is 7.83 Å². The molecule has 0 aliphatic carbocycles. The fraction of sp³-hybridized carbons (Fsp3) is 0.0667. The van der Waals surface area contributed by atoms with Crippen molar-refractivity contribution in [3.05, 3.63) is 71.5 Å². The van der Waals surface area contributed by atoms with Crippen LogP contribution in [-0.2, 0) is 0 Å². The van der Waals surface area contributed by atoms with Crippen LogP contribution in [0.4, 0.5) is 13.0 Å². The Labute approximate surface area is 120 Å². The standard InChI is InChI=1S/C15H11FO2.BF2/c16-13-8-6-12(7-9-13)15(18)10-14(17)11-4-2-1-3-5-11;2-1-3/h1-9H,10H2;. The van der Waals surface area contributed by atoms with Crippen LogP contribution in [-0.4, -0.2) is 19.4 Å². The van der Waals surface area contributed by atoms with Gasteiger partial charge in [0.15, 0.2) is 11.6 Å². The summed E-state index contributed by atoms with van der Waals surface area (Å²) in [6.45, 7) is 0. The molecule has 0 amide bonds. The molecular formula is C15H11BF3O2. The van der Waals surface area contributed by atoms with E-state index in [2.05, 4.69) is 0 Å². The van der Waals surface area contributed by atoms with Gasteiger partial charge in [-0.3, -0.25) is 18.2 Å². The van der Waals surface area contributed by atoms with Crippen LogP contribution in [0.2, 0.25) is 0 Å². The van der Waals surface area contributed by atoms with Gasteiger partial charge in [-0.2, -0.15) is 0 Å². The van der Waals surface area contributed by atoms with E-state index in [1.165, 1.54) is 24.3 Å². The average Bonchev–Trinajstić information content (AvgIpc) is 2.49. The number of halogens is 3. The van der Waals surface area contributed by atoms with Gasteiger partial charge in [0.05, 0.1) is 6.42 Å². The molecular weight excluding hydrogens is 280 g/mol. The average molecular weight is 291 g/mol. The highest BCUT2D eigenvalue weighted by molar-refractivity contribution is 6.15. The van der Waals surface area contributed by atoms with E-state index in [1.54, 1.807) is 30.3 Å². The molecule has 2 nitrogen and oxygen atoms in total. The van der Waals surface area contributed by atoms with Gasteiger partial charge in [0, 0.05) is 11.1 Å². The summed E-state index contributed by atoms with van der Waals surface area (Å²) in [6, 6.07) is 13.8. The molecule has 0 saturated carbocycles. The van der Waals surface area contributed by atoms with E-state index in [-0.39, 0.29) is 18.0 Å². The lowest BCUT2D eigenvalue weighted by Crippen LogP contribution is -2.08. The van der Waals surface area contributed by atoms with Crippen molar-refractivity contribution in [2.24, 2.45) is 0 Å². The lowest BCUT2D eigenvalue weighted by Gasteiger charge is -2.01. The first-order chi connectivity index (χ1) is 10.1. The monoisotopic (exact) mass is 291 g/mol. The largest absolute Gasteiger partial charge is 0.577 e. The zero-order valence-electron chi connectivity index (χ0n) is 10.9. The third kappa shape index (κ3) is 5.64. The highest BCUT2D eigenvalue weighted by atomic mass is 19.2. The molecule has 0 aromatic heterocycles.